The van der Waals surface area contributed by atoms with Crippen LogP contribution < -0.4 is 20.7 Å². The third-order valence-corrected chi connectivity index (χ3v) is 4.34. The molecule has 27 heavy (non-hydrogen) atoms. The van der Waals surface area contributed by atoms with E-state index in [0.717, 1.165) is 5.56 Å². The predicted molar refractivity (Wildman–Crippen MR) is 115 cm³/mol. The molecule has 1 atom stereocenters. The molecule has 0 aliphatic rings. The molecule has 0 saturated heterocycles. The standard InChI is InChI=1S/C18H18Cl3N3O2S/c1-26-14-9-7-13(8-10-14)22-17(27)24-16(18(19,20)21)23-15(25)11-12-5-3-2-4-6-12/h2-10,16H,11H2,1H3,(H,23,25)(H2,22,24,27)/t16-/m0/s1. The van der Waals surface area contributed by atoms with E-state index in [4.69, 9.17) is 51.8 Å². The zero-order valence-corrected chi connectivity index (χ0v) is 17.4. The Hall–Kier alpha value is -1.73. The van der Waals surface area contributed by atoms with Crippen LogP contribution in [0.2, 0.25) is 0 Å². The van der Waals surface area contributed by atoms with E-state index < -0.39 is 9.96 Å². The number of carbonyl (C=O) groups is 1. The molecule has 9 heteroatoms. The first-order chi connectivity index (χ1) is 12.8. The molecule has 3 N–H and O–H groups in total. The smallest absolute Gasteiger partial charge is 0.228 e. The van der Waals surface area contributed by atoms with Crippen molar-refractivity contribution < 1.29 is 9.53 Å². The number of carbonyl (C=O) groups excluding carboxylic acids is 1. The third-order valence-electron chi connectivity index (χ3n) is 3.46. The van der Waals surface area contributed by atoms with Crippen LogP contribution in [0.25, 0.3) is 0 Å². The fraction of sp³-hybridized carbons (Fsp3) is 0.222. The van der Waals surface area contributed by atoms with E-state index in [0.29, 0.717) is 11.4 Å². The number of anilines is 1. The fourth-order valence-corrected chi connectivity index (χ4v) is 2.73. The fourth-order valence-electron chi connectivity index (χ4n) is 2.17. The van der Waals surface area contributed by atoms with Gasteiger partial charge >= 0.3 is 0 Å². The first kappa shape index (κ1) is 21.6. The first-order valence-corrected chi connectivity index (χ1v) is 9.43. The highest BCUT2D eigenvalue weighted by atomic mass is 35.6. The molecule has 0 fully saturated rings. The number of methoxy groups -OCH3 is 1. The number of ether oxygens (including phenoxy) is 1. The highest BCUT2D eigenvalue weighted by molar-refractivity contribution is 7.80. The Morgan fingerprint density at radius 2 is 1.70 bits per heavy atom. The summed E-state index contributed by atoms with van der Waals surface area (Å²) in [4.78, 5) is 12.3. The van der Waals surface area contributed by atoms with Crippen molar-refractivity contribution in [2.75, 3.05) is 12.4 Å². The highest BCUT2D eigenvalue weighted by Crippen LogP contribution is 2.29. The van der Waals surface area contributed by atoms with Crippen molar-refractivity contribution >= 4 is 63.7 Å². The molecule has 1 amide bonds. The van der Waals surface area contributed by atoms with E-state index >= 15 is 0 Å². The van der Waals surface area contributed by atoms with Gasteiger partial charge in [-0.05, 0) is 42.0 Å². The highest BCUT2D eigenvalue weighted by Gasteiger charge is 2.34. The minimum Gasteiger partial charge on any atom is -0.497 e. The van der Waals surface area contributed by atoms with Crippen LogP contribution in [0.3, 0.4) is 0 Å². The molecule has 0 unspecified atom stereocenters. The van der Waals surface area contributed by atoms with E-state index in [1.807, 2.05) is 30.3 Å². The summed E-state index contributed by atoms with van der Waals surface area (Å²) in [6, 6.07) is 16.4. The van der Waals surface area contributed by atoms with Gasteiger partial charge in [0.25, 0.3) is 0 Å². The molecule has 0 spiro atoms. The number of rotatable bonds is 6. The van der Waals surface area contributed by atoms with Crippen molar-refractivity contribution in [1.29, 1.82) is 0 Å². The number of thiocarbonyl (C=S) groups is 1. The monoisotopic (exact) mass is 445 g/mol. The number of hydrogen-bond donors (Lipinski definition) is 3. The number of alkyl halides is 3. The summed E-state index contributed by atoms with van der Waals surface area (Å²) >= 11 is 23.2. The zero-order valence-electron chi connectivity index (χ0n) is 14.3. The Morgan fingerprint density at radius 3 is 2.26 bits per heavy atom. The van der Waals surface area contributed by atoms with Crippen LogP contribution in [0, 0.1) is 0 Å². The molecular weight excluding hydrogens is 429 g/mol. The van der Waals surface area contributed by atoms with Crippen molar-refractivity contribution in [3.63, 3.8) is 0 Å². The lowest BCUT2D eigenvalue weighted by molar-refractivity contribution is -0.121. The Labute approximate surface area is 178 Å². The molecule has 2 aromatic carbocycles. The van der Waals surface area contributed by atoms with E-state index in [1.165, 1.54) is 0 Å². The summed E-state index contributed by atoms with van der Waals surface area (Å²) in [6.45, 7) is 0. The van der Waals surface area contributed by atoms with Gasteiger partial charge in [0, 0.05) is 5.69 Å². The van der Waals surface area contributed by atoms with Gasteiger partial charge in [0.1, 0.15) is 11.9 Å². The minimum absolute atomic E-state index is 0.151. The van der Waals surface area contributed by atoms with Gasteiger partial charge in [0.2, 0.25) is 9.70 Å². The molecule has 5 nitrogen and oxygen atoms in total. The normalized spacial score (nSPS) is 12.0. The summed E-state index contributed by atoms with van der Waals surface area (Å²) in [6.07, 6.45) is -0.865. The van der Waals surface area contributed by atoms with Crippen molar-refractivity contribution in [2.24, 2.45) is 0 Å². The second-order valence-corrected chi connectivity index (χ2v) is 8.31. The molecule has 2 aromatic rings. The van der Waals surface area contributed by atoms with Crippen LogP contribution in [0.4, 0.5) is 5.69 Å². The average Bonchev–Trinajstić information content (AvgIpc) is 2.62. The lowest BCUT2D eigenvalue weighted by atomic mass is 10.1. The Balaban J connectivity index is 1.96. The zero-order chi connectivity index (χ0) is 19.9. The number of hydrogen-bond acceptors (Lipinski definition) is 3. The van der Waals surface area contributed by atoms with E-state index in [1.54, 1.807) is 31.4 Å². The molecule has 0 radical (unpaired) electrons. The first-order valence-electron chi connectivity index (χ1n) is 7.89. The average molecular weight is 447 g/mol. The summed E-state index contributed by atoms with van der Waals surface area (Å²) in [7, 11) is 1.58. The van der Waals surface area contributed by atoms with Gasteiger partial charge in [-0.15, -0.1) is 0 Å². The molecule has 0 aliphatic carbocycles. The van der Waals surface area contributed by atoms with Crippen molar-refractivity contribution in [3.05, 3.63) is 60.2 Å². The Morgan fingerprint density at radius 1 is 1.07 bits per heavy atom. The number of benzene rings is 2. The van der Waals surface area contributed by atoms with E-state index in [-0.39, 0.29) is 17.4 Å². The molecule has 144 valence electrons. The molecule has 0 aromatic heterocycles. The van der Waals surface area contributed by atoms with Gasteiger partial charge in [0.05, 0.1) is 13.5 Å². The van der Waals surface area contributed by atoms with Gasteiger partial charge in [-0.25, -0.2) is 0 Å². The van der Waals surface area contributed by atoms with Crippen LogP contribution in [0.5, 0.6) is 5.75 Å². The van der Waals surface area contributed by atoms with Crippen molar-refractivity contribution in [1.82, 2.24) is 10.6 Å². The van der Waals surface area contributed by atoms with E-state index in [2.05, 4.69) is 16.0 Å². The van der Waals surface area contributed by atoms with Crippen LogP contribution in [0.1, 0.15) is 5.56 Å². The predicted octanol–water partition coefficient (Wildman–Crippen LogP) is 4.04. The molecular formula is C18H18Cl3N3O2S. The van der Waals surface area contributed by atoms with Gasteiger partial charge < -0.3 is 20.7 Å². The van der Waals surface area contributed by atoms with Gasteiger partial charge in [-0.3, -0.25) is 4.79 Å². The van der Waals surface area contributed by atoms with Crippen molar-refractivity contribution in [3.8, 4) is 5.75 Å². The lowest BCUT2D eigenvalue weighted by Crippen LogP contribution is -2.56. The second kappa shape index (κ2) is 9.99. The Kier molecular flexibility index (Phi) is 7.98. The molecule has 0 bridgehead atoms. The lowest BCUT2D eigenvalue weighted by Gasteiger charge is -2.27. The molecule has 0 saturated carbocycles. The molecule has 2 rings (SSSR count). The summed E-state index contributed by atoms with van der Waals surface area (Å²) in [5.74, 6) is 0.407. The van der Waals surface area contributed by atoms with E-state index in [9.17, 15) is 4.79 Å². The van der Waals surface area contributed by atoms with Crippen LogP contribution in [0.15, 0.2) is 54.6 Å². The topological polar surface area (TPSA) is 62.4 Å². The van der Waals surface area contributed by atoms with Gasteiger partial charge in [-0.1, -0.05) is 65.1 Å². The largest absolute Gasteiger partial charge is 0.497 e. The second-order valence-electron chi connectivity index (χ2n) is 5.53. The number of nitrogens with one attached hydrogen (secondary N) is 3. The van der Waals surface area contributed by atoms with Crippen LogP contribution in [-0.2, 0) is 11.2 Å². The summed E-state index contributed by atoms with van der Waals surface area (Å²) in [5.41, 5.74) is 1.56. The maximum Gasteiger partial charge on any atom is 0.228 e. The SMILES string of the molecule is COc1ccc(NC(=S)N[C@H](NC(=O)Cc2ccccc2)C(Cl)(Cl)Cl)cc1. The van der Waals surface area contributed by atoms with Crippen LogP contribution in [-0.4, -0.2) is 28.1 Å². The van der Waals surface area contributed by atoms with Crippen molar-refractivity contribution in [2.45, 2.75) is 16.4 Å². The molecule has 0 heterocycles. The maximum atomic E-state index is 12.3. The maximum absolute atomic E-state index is 12.3. The molecule has 0 aliphatic heterocycles. The van der Waals surface area contributed by atoms with Gasteiger partial charge in [0.15, 0.2) is 5.11 Å². The van der Waals surface area contributed by atoms with Gasteiger partial charge in [-0.2, -0.15) is 0 Å². The summed E-state index contributed by atoms with van der Waals surface area (Å²) < 4.78 is 3.29. The number of amides is 1. The third kappa shape index (κ3) is 7.42. The Bertz CT molecular complexity index is 768. The van der Waals surface area contributed by atoms with Crippen LogP contribution >= 0.6 is 47.0 Å². The minimum atomic E-state index is -1.81. The summed E-state index contributed by atoms with van der Waals surface area (Å²) in [5, 5.41) is 8.61. The number of halogens is 3. The quantitative estimate of drug-likeness (QED) is 0.355.